The Kier molecular flexibility index (Phi) is 4.35. The van der Waals surface area contributed by atoms with Gasteiger partial charge in [-0.1, -0.05) is 0 Å². The average molecular weight is 199 g/mol. The van der Waals surface area contributed by atoms with E-state index in [1.807, 2.05) is 14.0 Å². The molecular formula is C10H21N3O. The summed E-state index contributed by atoms with van der Waals surface area (Å²) in [5.41, 5.74) is 0. The van der Waals surface area contributed by atoms with Crippen molar-refractivity contribution in [1.82, 2.24) is 15.5 Å². The van der Waals surface area contributed by atoms with E-state index in [0.717, 1.165) is 13.1 Å². The highest BCUT2D eigenvalue weighted by Crippen LogP contribution is 2.12. The van der Waals surface area contributed by atoms with Crippen LogP contribution in [0.2, 0.25) is 0 Å². The highest BCUT2D eigenvalue weighted by atomic mass is 16.2. The first kappa shape index (κ1) is 11.5. The van der Waals surface area contributed by atoms with Gasteiger partial charge >= 0.3 is 0 Å². The fourth-order valence-corrected chi connectivity index (χ4v) is 1.97. The van der Waals surface area contributed by atoms with Gasteiger partial charge in [0.15, 0.2) is 0 Å². The first-order valence-corrected chi connectivity index (χ1v) is 5.32. The molecule has 14 heavy (non-hydrogen) atoms. The largest absolute Gasteiger partial charge is 0.358 e. The van der Waals surface area contributed by atoms with Gasteiger partial charge in [0, 0.05) is 19.6 Å². The summed E-state index contributed by atoms with van der Waals surface area (Å²) in [6.07, 6.45) is 2.39. The first-order chi connectivity index (χ1) is 6.69. The molecule has 0 aromatic heterocycles. The number of likely N-dealkylation sites (N-methyl/N-ethyl adjacent to an activating group) is 2. The Labute approximate surface area is 86.0 Å². The molecule has 0 spiro atoms. The first-order valence-electron chi connectivity index (χ1n) is 5.32. The Morgan fingerprint density at radius 2 is 2.21 bits per heavy atom. The second-order valence-electron chi connectivity index (χ2n) is 3.91. The molecule has 0 aromatic carbocycles. The van der Waals surface area contributed by atoms with Gasteiger partial charge in [0.25, 0.3) is 0 Å². The predicted molar refractivity (Wildman–Crippen MR) is 57.2 cm³/mol. The van der Waals surface area contributed by atoms with E-state index in [2.05, 4.69) is 15.5 Å². The van der Waals surface area contributed by atoms with Crippen LogP contribution in [0.1, 0.15) is 19.8 Å². The molecule has 0 aromatic rings. The second-order valence-corrected chi connectivity index (χ2v) is 3.91. The molecule has 1 fully saturated rings. The van der Waals surface area contributed by atoms with Crippen LogP contribution in [0.4, 0.5) is 0 Å². The highest BCUT2D eigenvalue weighted by molar-refractivity contribution is 5.80. The van der Waals surface area contributed by atoms with E-state index < -0.39 is 0 Å². The summed E-state index contributed by atoms with van der Waals surface area (Å²) in [6.45, 7) is 3.98. The number of likely N-dealkylation sites (tertiary alicyclic amines) is 1. The summed E-state index contributed by atoms with van der Waals surface area (Å²) < 4.78 is 0. The lowest BCUT2D eigenvalue weighted by molar-refractivity contribution is -0.125. The fourth-order valence-electron chi connectivity index (χ4n) is 1.97. The smallest absolute Gasteiger partial charge is 0.236 e. The molecule has 2 unspecified atom stereocenters. The van der Waals surface area contributed by atoms with E-state index in [1.165, 1.54) is 12.8 Å². The molecule has 1 aliphatic heterocycles. The van der Waals surface area contributed by atoms with E-state index in [9.17, 15) is 4.79 Å². The molecule has 4 nitrogen and oxygen atoms in total. The van der Waals surface area contributed by atoms with Crippen LogP contribution in [-0.2, 0) is 4.79 Å². The van der Waals surface area contributed by atoms with Crippen molar-refractivity contribution >= 4 is 5.91 Å². The number of nitrogens with one attached hydrogen (secondary N) is 2. The second kappa shape index (κ2) is 5.32. The number of carbonyl (C=O) groups excluding carboxylic acids is 1. The minimum Gasteiger partial charge on any atom is -0.358 e. The van der Waals surface area contributed by atoms with Crippen LogP contribution in [0, 0.1) is 0 Å². The van der Waals surface area contributed by atoms with Gasteiger partial charge in [-0.2, -0.15) is 0 Å². The zero-order valence-corrected chi connectivity index (χ0v) is 9.34. The van der Waals surface area contributed by atoms with Crippen molar-refractivity contribution in [3.05, 3.63) is 0 Å². The van der Waals surface area contributed by atoms with E-state index in [1.54, 1.807) is 7.05 Å². The average Bonchev–Trinajstić information content (AvgIpc) is 2.27. The molecule has 0 saturated carbocycles. The number of hydrogen-bond donors (Lipinski definition) is 2. The van der Waals surface area contributed by atoms with Crippen LogP contribution in [0.5, 0.6) is 0 Å². The third kappa shape index (κ3) is 2.69. The van der Waals surface area contributed by atoms with Crippen molar-refractivity contribution in [3.63, 3.8) is 0 Å². The van der Waals surface area contributed by atoms with Crippen molar-refractivity contribution in [2.75, 3.05) is 27.2 Å². The van der Waals surface area contributed by atoms with Crippen LogP contribution >= 0.6 is 0 Å². The maximum absolute atomic E-state index is 11.4. The summed E-state index contributed by atoms with van der Waals surface area (Å²) in [5.74, 6) is 0.113. The quantitative estimate of drug-likeness (QED) is 0.662. The summed E-state index contributed by atoms with van der Waals surface area (Å²) in [7, 11) is 3.68. The fraction of sp³-hybridized carbons (Fsp3) is 0.900. The number of hydrogen-bond acceptors (Lipinski definition) is 3. The van der Waals surface area contributed by atoms with E-state index >= 15 is 0 Å². The molecule has 2 atom stereocenters. The standard InChI is InChI=1S/C10H21N3O/c1-8(10(14)12-3)13-6-4-5-9(7-13)11-2/h8-9,11H,4-7H2,1-3H3,(H,12,14). The number of amides is 1. The van der Waals surface area contributed by atoms with Gasteiger partial charge in [-0.25, -0.2) is 0 Å². The van der Waals surface area contributed by atoms with E-state index in [0.29, 0.717) is 6.04 Å². The molecule has 2 N–H and O–H groups in total. The van der Waals surface area contributed by atoms with Crippen molar-refractivity contribution in [3.8, 4) is 0 Å². The molecular weight excluding hydrogens is 178 g/mol. The lowest BCUT2D eigenvalue weighted by atomic mass is 10.0. The summed E-state index contributed by atoms with van der Waals surface area (Å²) >= 11 is 0. The van der Waals surface area contributed by atoms with Crippen molar-refractivity contribution in [1.29, 1.82) is 0 Å². The van der Waals surface area contributed by atoms with E-state index in [-0.39, 0.29) is 11.9 Å². The lowest BCUT2D eigenvalue weighted by Crippen LogP contribution is -2.52. The topological polar surface area (TPSA) is 44.4 Å². The predicted octanol–water partition coefficient (Wildman–Crippen LogP) is -0.195. The zero-order valence-electron chi connectivity index (χ0n) is 9.34. The van der Waals surface area contributed by atoms with Gasteiger partial charge in [0.05, 0.1) is 6.04 Å². The number of rotatable bonds is 3. The number of carbonyl (C=O) groups is 1. The lowest BCUT2D eigenvalue weighted by Gasteiger charge is -2.35. The maximum atomic E-state index is 11.4. The molecule has 0 bridgehead atoms. The molecule has 0 radical (unpaired) electrons. The summed E-state index contributed by atoms with van der Waals surface area (Å²) in [5, 5.41) is 5.97. The van der Waals surface area contributed by atoms with Crippen LogP contribution in [0.25, 0.3) is 0 Å². The highest BCUT2D eigenvalue weighted by Gasteiger charge is 2.25. The van der Waals surface area contributed by atoms with Crippen LogP contribution in [0.3, 0.4) is 0 Å². The van der Waals surface area contributed by atoms with Gasteiger partial charge < -0.3 is 10.6 Å². The van der Waals surface area contributed by atoms with Gasteiger partial charge in [-0.15, -0.1) is 0 Å². The molecule has 4 heteroatoms. The Bertz CT molecular complexity index is 196. The molecule has 1 aliphatic rings. The van der Waals surface area contributed by atoms with Crippen LogP contribution in [-0.4, -0.2) is 50.1 Å². The Morgan fingerprint density at radius 1 is 1.50 bits per heavy atom. The third-order valence-corrected chi connectivity index (χ3v) is 3.03. The molecule has 1 amide bonds. The zero-order chi connectivity index (χ0) is 10.6. The van der Waals surface area contributed by atoms with Crippen molar-refractivity contribution < 1.29 is 4.79 Å². The van der Waals surface area contributed by atoms with Crippen LogP contribution < -0.4 is 10.6 Å². The Hall–Kier alpha value is -0.610. The van der Waals surface area contributed by atoms with Crippen LogP contribution in [0.15, 0.2) is 0 Å². The van der Waals surface area contributed by atoms with Gasteiger partial charge in [0.2, 0.25) is 5.91 Å². The van der Waals surface area contributed by atoms with Gasteiger partial charge in [-0.05, 0) is 33.4 Å². The van der Waals surface area contributed by atoms with Gasteiger partial charge in [0.1, 0.15) is 0 Å². The summed E-state index contributed by atoms with van der Waals surface area (Å²) in [4.78, 5) is 13.7. The normalized spacial score (nSPS) is 25.8. The summed E-state index contributed by atoms with van der Waals surface area (Å²) in [6, 6.07) is 0.534. The molecule has 1 saturated heterocycles. The molecule has 0 aliphatic carbocycles. The molecule has 82 valence electrons. The van der Waals surface area contributed by atoms with E-state index in [4.69, 9.17) is 0 Å². The minimum absolute atomic E-state index is 0.00356. The monoisotopic (exact) mass is 199 g/mol. The molecule has 1 rings (SSSR count). The third-order valence-electron chi connectivity index (χ3n) is 3.03. The number of piperidine rings is 1. The SMILES string of the molecule is CNC(=O)C(C)N1CCCC(NC)C1. The maximum Gasteiger partial charge on any atom is 0.236 e. The van der Waals surface area contributed by atoms with Crippen molar-refractivity contribution in [2.24, 2.45) is 0 Å². The van der Waals surface area contributed by atoms with Crippen molar-refractivity contribution in [2.45, 2.75) is 31.8 Å². The van der Waals surface area contributed by atoms with Gasteiger partial charge in [-0.3, -0.25) is 9.69 Å². The Balaban J connectivity index is 2.46. The molecule has 1 heterocycles. The number of nitrogens with zero attached hydrogens (tertiary/aromatic N) is 1. The minimum atomic E-state index is -0.00356. The Morgan fingerprint density at radius 3 is 2.79 bits per heavy atom.